The summed E-state index contributed by atoms with van der Waals surface area (Å²) in [6, 6.07) is 9.84. The van der Waals surface area contributed by atoms with Crippen LogP contribution in [0.25, 0.3) is 0 Å². The topological polar surface area (TPSA) is 64.6 Å². The number of thiophene rings is 1. The Morgan fingerprint density at radius 1 is 1.25 bits per heavy atom. The molecule has 4 rings (SSSR count). The van der Waals surface area contributed by atoms with Gasteiger partial charge in [0.2, 0.25) is 0 Å². The summed E-state index contributed by atoms with van der Waals surface area (Å²) in [5.74, 6) is 0.104. The number of ketones is 1. The SMILES string of the molecule is CCc1sc(C2C(C(=O)OC)=C(C)NC3=C2C(=O)CCC3)cc1COc1ccc(Br)cc1. The summed E-state index contributed by atoms with van der Waals surface area (Å²) in [4.78, 5) is 27.9. The van der Waals surface area contributed by atoms with Crippen molar-refractivity contribution >= 4 is 39.0 Å². The van der Waals surface area contributed by atoms with Crippen molar-refractivity contribution in [3.63, 3.8) is 0 Å². The van der Waals surface area contributed by atoms with Crippen LogP contribution in [0.15, 0.2) is 57.3 Å². The van der Waals surface area contributed by atoms with Gasteiger partial charge in [0.05, 0.1) is 18.6 Å². The van der Waals surface area contributed by atoms with Gasteiger partial charge in [0, 0.05) is 43.2 Å². The van der Waals surface area contributed by atoms with Crippen LogP contribution in [-0.4, -0.2) is 18.9 Å². The smallest absolute Gasteiger partial charge is 0.336 e. The molecule has 0 amide bonds. The first-order valence-electron chi connectivity index (χ1n) is 10.7. The molecule has 5 nitrogen and oxygen atoms in total. The van der Waals surface area contributed by atoms with Gasteiger partial charge in [-0.25, -0.2) is 4.79 Å². The summed E-state index contributed by atoms with van der Waals surface area (Å²) < 4.78 is 12.1. The van der Waals surface area contributed by atoms with E-state index < -0.39 is 11.9 Å². The van der Waals surface area contributed by atoms with E-state index >= 15 is 0 Å². The predicted molar refractivity (Wildman–Crippen MR) is 129 cm³/mol. The third-order valence-electron chi connectivity index (χ3n) is 5.91. The van der Waals surface area contributed by atoms with Crippen LogP contribution in [0.3, 0.4) is 0 Å². The number of nitrogens with one attached hydrogen (secondary N) is 1. The highest BCUT2D eigenvalue weighted by Crippen LogP contribution is 2.45. The summed E-state index contributed by atoms with van der Waals surface area (Å²) in [5, 5.41) is 3.31. The number of hydrogen-bond acceptors (Lipinski definition) is 6. The Kier molecular flexibility index (Phi) is 6.86. The van der Waals surface area contributed by atoms with Gasteiger partial charge in [0.25, 0.3) is 0 Å². The number of hydrogen-bond donors (Lipinski definition) is 1. The number of dihydropyridines is 1. The molecule has 1 unspecified atom stereocenters. The van der Waals surface area contributed by atoms with Crippen molar-refractivity contribution in [1.29, 1.82) is 0 Å². The molecule has 2 aromatic rings. The van der Waals surface area contributed by atoms with Gasteiger partial charge >= 0.3 is 5.97 Å². The van der Waals surface area contributed by atoms with Crippen LogP contribution < -0.4 is 10.1 Å². The minimum atomic E-state index is -0.400. The average molecular weight is 516 g/mol. The van der Waals surface area contributed by atoms with Crippen LogP contribution in [0.2, 0.25) is 0 Å². The Morgan fingerprint density at radius 3 is 2.69 bits per heavy atom. The first-order valence-corrected chi connectivity index (χ1v) is 12.4. The molecule has 32 heavy (non-hydrogen) atoms. The highest BCUT2D eigenvalue weighted by Gasteiger charge is 2.40. The highest BCUT2D eigenvalue weighted by atomic mass is 79.9. The van der Waals surface area contributed by atoms with Gasteiger partial charge in [0.1, 0.15) is 12.4 Å². The number of ether oxygens (including phenoxy) is 2. The van der Waals surface area contributed by atoms with Crippen molar-refractivity contribution in [2.45, 2.75) is 52.1 Å². The van der Waals surface area contributed by atoms with Crippen LogP contribution in [-0.2, 0) is 27.4 Å². The largest absolute Gasteiger partial charge is 0.489 e. The van der Waals surface area contributed by atoms with E-state index in [2.05, 4.69) is 34.2 Å². The summed E-state index contributed by atoms with van der Waals surface area (Å²) in [6.45, 7) is 4.43. The molecule has 168 valence electrons. The Hall–Kier alpha value is -2.38. The van der Waals surface area contributed by atoms with E-state index in [9.17, 15) is 9.59 Å². The third-order valence-corrected chi connectivity index (χ3v) is 7.83. The van der Waals surface area contributed by atoms with Crippen molar-refractivity contribution in [3.8, 4) is 5.75 Å². The molecular weight excluding hydrogens is 490 g/mol. The van der Waals surface area contributed by atoms with Crippen LogP contribution in [0.1, 0.15) is 54.3 Å². The fourth-order valence-electron chi connectivity index (χ4n) is 4.39. The molecule has 0 spiro atoms. The monoisotopic (exact) mass is 515 g/mol. The molecule has 1 aromatic carbocycles. The summed E-state index contributed by atoms with van der Waals surface area (Å²) >= 11 is 5.09. The molecule has 0 fully saturated rings. The number of rotatable bonds is 6. The number of allylic oxidation sites excluding steroid dienone is 3. The number of aryl methyl sites for hydroxylation is 1. The predicted octanol–water partition coefficient (Wildman–Crippen LogP) is 5.79. The van der Waals surface area contributed by atoms with Crippen molar-refractivity contribution in [1.82, 2.24) is 5.32 Å². The van der Waals surface area contributed by atoms with Gasteiger partial charge in [0.15, 0.2) is 5.78 Å². The molecular formula is C25H26BrNO4S. The van der Waals surface area contributed by atoms with E-state index in [1.54, 1.807) is 11.3 Å². The second-order valence-electron chi connectivity index (χ2n) is 7.95. The lowest BCUT2D eigenvalue weighted by Crippen LogP contribution is -2.33. The maximum absolute atomic E-state index is 13.0. The lowest BCUT2D eigenvalue weighted by atomic mass is 9.78. The van der Waals surface area contributed by atoms with Crippen LogP contribution in [0.5, 0.6) is 5.75 Å². The van der Waals surface area contributed by atoms with Gasteiger partial charge < -0.3 is 14.8 Å². The molecule has 2 heterocycles. The van der Waals surface area contributed by atoms with Gasteiger partial charge in [-0.3, -0.25) is 4.79 Å². The zero-order valence-corrected chi connectivity index (χ0v) is 20.8. The number of esters is 1. The number of carbonyl (C=O) groups is 2. The lowest BCUT2D eigenvalue weighted by Gasteiger charge is -2.33. The molecule has 1 aliphatic heterocycles. The van der Waals surface area contributed by atoms with E-state index in [0.717, 1.165) is 51.3 Å². The summed E-state index contributed by atoms with van der Waals surface area (Å²) in [6.07, 6.45) is 3.00. The zero-order chi connectivity index (χ0) is 22.8. The Bertz CT molecular complexity index is 1110. The van der Waals surface area contributed by atoms with Gasteiger partial charge in [-0.15, -0.1) is 11.3 Å². The number of benzene rings is 1. The molecule has 2 aliphatic rings. The minimum Gasteiger partial charge on any atom is -0.489 e. The van der Waals surface area contributed by atoms with E-state index in [0.29, 0.717) is 24.2 Å². The second-order valence-corrected chi connectivity index (χ2v) is 10.0. The van der Waals surface area contributed by atoms with E-state index in [1.807, 2.05) is 31.2 Å². The summed E-state index contributed by atoms with van der Waals surface area (Å²) in [5.41, 5.74) is 4.02. The molecule has 0 radical (unpaired) electrons. The van der Waals surface area contributed by atoms with Crippen LogP contribution in [0.4, 0.5) is 0 Å². The number of Topliss-reactive ketones (excluding diaryl/α,β-unsaturated/α-hetero) is 1. The van der Waals surface area contributed by atoms with Crippen molar-refractivity contribution in [3.05, 3.63) is 72.7 Å². The van der Waals surface area contributed by atoms with E-state index in [-0.39, 0.29) is 5.78 Å². The molecule has 1 aliphatic carbocycles. The molecule has 1 atom stereocenters. The molecule has 0 saturated carbocycles. The number of methoxy groups -OCH3 is 1. The van der Waals surface area contributed by atoms with E-state index in [4.69, 9.17) is 9.47 Å². The first-order chi connectivity index (χ1) is 15.4. The number of carbonyl (C=O) groups excluding carboxylic acids is 2. The van der Waals surface area contributed by atoms with Crippen LogP contribution >= 0.6 is 27.3 Å². The van der Waals surface area contributed by atoms with E-state index in [1.165, 1.54) is 12.0 Å². The number of halogens is 1. The van der Waals surface area contributed by atoms with Crippen LogP contribution in [0, 0.1) is 0 Å². The molecule has 1 aromatic heterocycles. The first kappa shape index (κ1) is 22.8. The molecule has 0 bridgehead atoms. The fraction of sp³-hybridized carbons (Fsp3) is 0.360. The minimum absolute atomic E-state index is 0.108. The third kappa shape index (κ3) is 4.41. The van der Waals surface area contributed by atoms with Crippen molar-refractivity contribution < 1.29 is 19.1 Å². The standard InChI is InChI=1S/C25H26BrNO4S/c1-4-20-15(13-31-17-10-8-16(26)9-11-17)12-21(32-20)24-22(25(29)30-3)14(2)27-18-6-5-7-19(28)23(18)24/h8-12,24,27H,4-7,13H2,1-3H3. The second kappa shape index (κ2) is 9.63. The Morgan fingerprint density at radius 2 is 2.00 bits per heavy atom. The van der Waals surface area contributed by atoms with Gasteiger partial charge in [-0.05, 0) is 56.5 Å². The van der Waals surface area contributed by atoms with Crippen molar-refractivity contribution in [2.75, 3.05) is 7.11 Å². The highest BCUT2D eigenvalue weighted by molar-refractivity contribution is 9.10. The molecule has 7 heteroatoms. The molecule has 0 saturated heterocycles. The lowest BCUT2D eigenvalue weighted by molar-refractivity contribution is -0.136. The molecule has 1 N–H and O–H groups in total. The normalized spacial score (nSPS) is 18.4. The van der Waals surface area contributed by atoms with Crippen molar-refractivity contribution in [2.24, 2.45) is 0 Å². The Labute approximate surface area is 200 Å². The summed E-state index contributed by atoms with van der Waals surface area (Å²) in [7, 11) is 1.38. The quantitative estimate of drug-likeness (QED) is 0.493. The zero-order valence-electron chi connectivity index (χ0n) is 18.4. The van der Waals surface area contributed by atoms with Gasteiger partial charge in [-0.2, -0.15) is 0 Å². The Balaban J connectivity index is 1.72. The maximum Gasteiger partial charge on any atom is 0.336 e. The maximum atomic E-state index is 13.0. The average Bonchev–Trinajstić information content (AvgIpc) is 3.20. The van der Waals surface area contributed by atoms with Gasteiger partial charge in [-0.1, -0.05) is 22.9 Å². The fourth-order valence-corrected chi connectivity index (χ4v) is 5.89.